The molecule has 7 nitrogen and oxygen atoms in total. The average molecular weight is 593 g/mol. The van der Waals surface area contributed by atoms with Crippen molar-refractivity contribution in [3.63, 3.8) is 0 Å². The fourth-order valence-electron chi connectivity index (χ4n) is 5.70. The Bertz CT molecular complexity index is 1710. The zero-order valence-electron chi connectivity index (χ0n) is 22.5. The maximum atomic E-state index is 14.0. The van der Waals surface area contributed by atoms with Gasteiger partial charge in [-0.1, -0.05) is 35.9 Å². The van der Waals surface area contributed by atoms with Gasteiger partial charge in [0.1, 0.15) is 11.6 Å². The van der Waals surface area contributed by atoms with Crippen molar-refractivity contribution in [2.24, 2.45) is 13.0 Å². The minimum atomic E-state index is -3.96. The molecule has 2 aliphatic carbocycles. The van der Waals surface area contributed by atoms with E-state index in [1.54, 1.807) is 11.1 Å². The Kier molecular flexibility index (Phi) is 7.44. The topological polar surface area (TPSA) is 84.3 Å². The van der Waals surface area contributed by atoms with Crippen molar-refractivity contribution in [1.29, 1.82) is 0 Å². The van der Waals surface area contributed by atoms with Gasteiger partial charge in [0.25, 0.3) is 0 Å². The average Bonchev–Trinajstić information content (AvgIpc) is 3.66. The number of rotatable bonds is 8. The van der Waals surface area contributed by atoms with Crippen LogP contribution in [-0.4, -0.2) is 23.9 Å². The molecule has 0 unspecified atom stereocenters. The number of benzene rings is 3. The first kappa shape index (κ1) is 27.6. The van der Waals surface area contributed by atoms with E-state index in [1.807, 2.05) is 60.3 Å². The van der Waals surface area contributed by atoms with E-state index in [0.717, 1.165) is 47.8 Å². The van der Waals surface area contributed by atoms with Gasteiger partial charge in [0.2, 0.25) is 15.9 Å². The van der Waals surface area contributed by atoms with Crippen molar-refractivity contribution in [3.05, 3.63) is 112 Å². The molecule has 2 aliphatic rings. The molecule has 1 aromatic heterocycles. The number of aromatic nitrogens is 2. The number of nitrogens with one attached hydrogen (secondary N) is 1. The predicted octanol–water partition coefficient (Wildman–Crippen LogP) is 5.91. The first-order chi connectivity index (χ1) is 19.7. The Morgan fingerprint density at radius 2 is 1.95 bits per heavy atom. The van der Waals surface area contributed by atoms with Gasteiger partial charge in [0, 0.05) is 42.1 Å². The van der Waals surface area contributed by atoms with Gasteiger partial charge in [-0.15, -0.1) is 0 Å². The number of amides is 1. The van der Waals surface area contributed by atoms with Gasteiger partial charge in [-0.3, -0.25) is 4.79 Å². The molecule has 0 aliphatic heterocycles. The molecule has 41 heavy (non-hydrogen) atoms. The zero-order chi connectivity index (χ0) is 28.7. The number of imidazole rings is 1. The highest BCUT2D eigenvalue weighted by Crippen LogP contribution is 2.49. The minimum Gasteiger partial charge on any atom is -0.337 e. The molecule has 1 fully saturated rings. The fraction of sp³-hybridized carbons (Fsp3) is 0.290. The van der Waals surface area contributed by atoms with Gasteiger partial charge < -0.3 is 9.47 Å². The molecule has 3 atom stereocenters. The van der Waals surface area contributed by atoms with Crippen LogP contribution < -0.4 is 9.62 Å². The quantitative estimate of drug-likeness (QED) is 0.276. The molecular formula is C31H30ClFN4O3S. The Balaban J connectivity index is 1.31. The van der Waals surface area contributed by atoms with Crippen LogP contribution in [0.2, 0.25) is 5.02 Å². The lowest BCUT2D eigenvalue weighted by molar-refractivity contribution is -0.120. The zero-order valence-corrected chi connectivity index (χ0v) is 24.1. The van der Waals surface area contributed by atoms with Gasteiger partial charge >= 0.3 is 0 Å². The highest BCUT2D eigenvalue weighted by Gasteiger charge is 2.46. The number of sulfonamides is 1. The summed E-state index contributed by atoms with van der Waals surface area (Å²) in [7, 11) is -2.07. The van der Waals surface area contributed by atoms with Crippen LogP contribution in [0.1, 0.15) is 53.7 Å². The maximum absolute atomic E-state index is 14.0. The summed E-state index contributed by atoms with van der Waals surface area (Å²) in [6, 6.07) is 18.0. The summed E-state index contributed by atoms with van der Waals surface area (Å²) in [5, 5.41) is 0.658. The maximum Gasteiger partial charge on any atom is 0.241 e. The molecular weight excluding hydrogens is 563 g/mol. The van der Waals surface area contributed by atoms with Crippen LogP contribution in [-0.2, 0) is 34.8 Å². The first-order valence-electron chi connectivity index (χ1n) is 13.6. The highest BCUT2D eigenvalue weighted by molar-refractivity contribution is 7.89. The van der Waals surface area contributed by atoms with Crippen molar-refractivity contribution in [2.45, 2.75) is 49.1 Å². The lowest BCUT2D eigenvalue weighted by Crippen LogP contribution is -2.34. The molecule has 0 saturated heterocycles. The van der Waals surface area contributed by atoms with Gasteiger partial charge in [-0.25, -0.2) is 22.5 Å². The standard InChI is InChI=1S/C31H30ClFN4O3S/c1-36-15-14-34-30(36)19-37(31(38)28-18-26(28)21-8-11-22(32)12-9-21)24-13-10-20-4-2-7-29(27(20)17-24)35-41(39,40)25-6-3-5-23(33)16-25/h3,5-6,8-17,26,28-29,35H,2,4,7,18-19H2,1H3/t26-,28+,29-/m0/s1. The Labute approximate surface area is 244 Å². The van der Waals surface area contributed by atoms with E-state index in [0.29, 0.717) is 17.1 Å². The van der Waals surface area contributed by atoms with E-state index in [2.05, 4.69) is 9.71 Å². The molecule has 1 saturated carbocycles. The monoisotopic (exact) mass is 592 g/mol. The molecule has 0 bridgehead atoms. The van der Waals surface area contributed by atoms with Crippen molar-refractivity contribution in [1.82, 2.24) is 14.3 Å². The van der Waals surface area contributed by atoms with Crippen LogP contribution in [0.5, 0.6) is 0 Å². The van der Waals surface area contributed by atoms with Crippen molar-refractivity contribution < 1.29 is 17.6 Å². The van der Waals surface area contributed by atoms with Gasteiger partial charge in [0.15, 0.2) is 0 Å². The van der Waals surface area contributed by atoms with Crippen LogP contribution in [0.15, 0.2) is 84.0 Å². The van der Waals surface area contributed by atoms with Gasteiger partial charge in [-0.05, 0) is 90.8 Å². The molecule has 1 N–H and O–H groups in total. The van der Waals surface area contributed by atoms with E-state index in [9.17, 15) is 17.6 Å². The molecule has 10 heteroatoms. The molecule has 6 rings (SSSR count). The van der Waals surface area contributed by atoms with Crippen molar-refractivity contribution in [2.75, 3.05) is 4.90 Å². The van der Waals surface area contributed by atoms with Gasteiger partial charge in [0.05, 0.1) is 11.4 Å². The summed E-state index contributed by atoms with van der Waals surface area (Å²) in [5.41, 5.74) is 3.63. The number of aryl methyl sites for hydroxylation is 2. The third-order valence-corrected chi connectivity index (χ3v) is 9.77. The largest absolute Gasteiger partial charge is 0.337 e. The second kappa shape index (κ2) is 11.0. The molecule has 0 spiro atoms. The van der Waals surface area contributed by atoms with Crippen molar-refractivity contribution in [3.8, 4) is 0 Å². The van der Waals surface area contributed by atoms with E-state index < -0.39 is 21.9 Å². The number of anilines is 1. The normalized spacial score (nSPS) is 19.9. The van der Waals surface area contributed by atoms with Crippen LogP contribution in [0.25, 0.3) is 0 Å². The molecule has 212 valence electrons. The van der Waals surface area contributed by atoms with E-state index >= 15 is 0 Å². The van der Waals surface area contributed by atoms with Crippen LogP contribution in [0.4, 0.5) is 10.1 Å². The molecule has 3 aromatic carbocycles. The summed E-state index contributed by atoms with van der Waals surface area (Å²) in [4.78, 5) is 20.1. The first-order valence-corrected chi connectivity index (χ1v) is 15.5. The van der Waals surface area contributed by atoms with E-state index in [-0.39, 0.29) is 29.2 Å². The lowest BCUT2D eigenvalue weighted by atomic mass is 9.87. The third-order valence-electron chi connectivity index (χ3n) is 8.05. The summed E-state index contributed by atoms with van der Waals surface area (Å²) in [6.07, 6.45) is 6.51. The van der Waals surface area contributed by atoms with Crippen LogP contribution in [0, 0.1) is 11.7 Å². The molecule has 4 aromatic rings. The van der Waals surface area contributed by atoms with Crippen LogP contribution in [0.3, 0.4) is 0 Å². The highest BCUT2D eigenvalue weighted by atomic mass is 35.5. The van der Waals surface area contributed by atoms with Crippen molar-refractivity contribution >= 4 is 33.2 Å². The minimum absolute atomic E-state index is 0.000556. The number of hydrogen-bond acceptors (Lipinski definition) is 4. The Morgan fingerprint density at radius 1 is 1.15 bits per heavy atom. The Hall–Kier alpha value is -3.53. The number of fused-ring (bicyclic) bond motifs is 1. The second-order valence-electron chi connectivity index (χ2n) is 10.8. The lowest BCUT2D eigenvalue weighted by Gasteiger charge is -2.29. The third kappa shape index (κ3) is 5.80. The van der Waals surface area contributed by atoms with Gasteiger partial charge in [-0.2, -0.15) is 0 Å². The fourth-order valence-corrected chi connectivity index (χ4v) is 7.11. The molecule has 1 heterocycles. The molecule has 1 amide bonds. The number of halogens is 2. The summed E-state index contributed by atoms with van der Waals surface area (Å²) in [6.45, 7) is 0.282. The van der Waals surface area contributed by atoms with Crippen LogP contribution >= 0.6 is 11.6 Å². The summed E-state index contributed by atoms with van der Waals surface area (Å²) in [5.74, 6) is 0.0743. The SMILES string of the molecule is Cn1ccnc1CN(C(=O)[C@@H]1C[C@H]1c1ccc(Cl)cc1)c1ccc2c(c1)[C@@H](NS(=O)(=O)c1cccc(F)c1)CCC2. The predicted molar refractivity (Wildman–Crippen MR) is 156 cm³/mol. The number of hydrogen-bond donors (Lipinski definition) is 1. The number of carbonyl (C=O) groups is 1. The summed E-state index contributed by atoms with van der Waals surface area (Å²) < 4.78 is 44.8. The number of nitrogens with zero attached hydrogens (tertiary/aromatic N) is 3. The Morgan fingerprint density at radius 3 is 2.68 bits per heavy atom. The smallest absolute Gasteiger partial charge is 0.241 e. The summed E-state index contributed by atoms with van der Waals surface area (Å²) >= 11 is 6.07. The van der Waals surface area contributed by atoms with E-state index in [1.165, 1.54) is 18.2 Å². The second-order valence-corrected chi connectivity index (χ2v) is 12.9. The number of carbonyl (C=O) groups excluding carboxylic acids is 1. The van der Waals surface area contributed by atoms with E-state index in [4.69, 9.17) is 11.6 Å². The molecule has 0 radical (unpaired) electrons.